The highest BCUT2D eigenvalue weighted by molar-refractivity contribution is 7.92. The van der Waals surface area contributed by atoms with E-state index in [1.54, 1.807) is 31.2 Å². The summed E-state index contributed by atoms with van der Waals surface area (Å²) in [5.41, 5.74) is 0.345. The molecule has 0 amide bonds. The minimum atomic E-state index is -4.72. The first-order valence-electron chi connectivity index (χ1n) is 12.2. The number of hydrogen-bond donors (Lipinski definition) is 0. The predicted octanol–water partition coefficient (Wildman–Crippen LogP) is 7.96. The number of rotatable bonds is 8. The molecule has 1 heterocycles. The van der Waals surface area contributed by atoms with Gasteiger partial charge in [-0.25, -0.2) is 12.8 Å². The number of fused-ring (bicyclic) bond motifs is 1. The molecule has 0 saturated carbocycles. The quantitative estimate of drug-likeness (QED) is 0.151. The first-order chi connectivity index (χ1) is 18.8. The van der Waals surface area contributed by atoms with Gasteiger partial charge in [0.2, 0.25) is 0 Å². The van der Waals surface area contributed by atoms with E-state index in [4.69, 9.17) is 21.1 Å². The van der Waals surface area contributed by atoms with Crippen molar-refractivity contribution >= 4 is 39.0 Å². The van der Waals surface area contributed by atoms with Crippen molar-refractivity contribution in [1.29, 1.82) is 0 Å². The molecule has 0 saturated heterocycles. The van der Waals surface area contributed by atoms with Gasteiger partial charge in [-0.2, -0.15) is 13.2 Å². The summed E-state index contributed by atoms with van der Waals surface area (Å²) >= 11 is 6.16. The SMILES string of the molecule is C=C(CC[C@H]1CN(S(=O)(=O)c2cccc(C(F)(F)F)c2)c2cc(/C(C)=C/c3c(F)cccc3Cl)ccc2O1)OC. The van der Waals surface area contributed by atoms with E-state index in [1.807, 2.05) is 0 Å². The third-order valence-electron chi connectivity index (χ3n) is 6.49. The summed E-state index contributed by atoms with van der Waals surface area (Å²) in [7, 11) is -2.98. The van der Waals surface area contributed by atoms with Gasteiger partial charge in [-0.15, -0.1) is 0 Å². The summed E-state index contributed by atoms with van der Waals surface area (Å²) < 4.78 is 94.4. The molecule has 0 spiro atoms. The van der Waals surface area contributed by atoms with Crippen LogP contribution in [0.2, 0.25) is 5.02 Å². The molecule has 212 valence electrons. The van der Waals surface area contributed by atoms with Crippen molar-refractivity contribution in [3.63, 3.8) is 0 Å². The van der Waals surface area contributed by atoms with Crippen LogP contribution in [0, 0.1) is 5.82 Å². The molecule has 11 heteroatoms. The number of methoxy groups -OCH3 is 1. The molecule has 4 rings (SSSR count). The standard InChI is InChI=1S/C29H26ClF4NO4S/c1-18(14-24-25(30)8-5-9-26(24)31)20-11-13-28-27(15-20)35(17-22(39-28)12-10-19(2)38-3)40(36,37)23-7-4-6-21(16-23)29(32,33)34/h4-9,11,13-16,22H,2,10,12,17H2,1,3H3/b18-14+/t22-/m0/s1. The predicted molar refractivity (Wildman–Crippen MR) is 147 cm³/mol. The monoisotopic (exact) mass is 595 g/mol. The van der Waals surface area contributed by atoms with Gasteiger partial charge in [-0.3, -0.25) is 4.31 Å². The summed E-state index contributed by atoms with van der Waals surface area (Å²) in [4.78, 5) is -0.508. The first-order valence-corrected chi connectivity index (χ1v) is 14.0. The van der Waals surface area contributed by atoms with Crippen LogP contribution in [0.25, 0.3) is 11.6 Å². The maximum Gasteiger partial charge on any atom is 0.416 e. The number of benzene rings is 3. The number of halogens is 5. The Labute approximate surface area is 235 Å². The zero-order valence-corrected chi connectivity index (χ0v) is 23.2. The molecular weight excluding hydrogens is 570 g/mol. The van der Waals surface area contributed by atoms with Crippen LogP contribution >= 0.6 is 11.6 Å². The number of anilines is 1. The zero-order chi connectivity index (χ0) is 29.2. The lowest BCUT2D eigenvalue weighted by molar-refractivity contribution is -0.137. The van der Waals surface area contributed by atoms with Crippen LogP contribution in [0.4, 0.5) is 23.2 Å². The highest BCUT2D eigenvalue weighted by atomic mass is 35.5. The average molecular weight is 596 g/mol. The third kappa shape index (κ3) is 6.28. The molecule has 0 N–H and O–H groups in total. The first kappa shape index (κ1) is 29.5. The van der Waals surface area contributed by atoms with Gasteiger partial charge in [0.05, 0.1) is 40.6 Å². The molecule has 5 nitrogen and oxygen atoms in total. The van der Waals surface area contributed by atoms with Crippen molar-refractivity contribution in [1.82, 2.24) is 0 Å². The number of nitrogens with zero attached hydrogens (tertiary/aromatic N) is 1. The van der Waals surface area contributed by atoms with Gasteiger partial charge < -0.3 is 9.47 Å². The molecule has 0 bridgehead atoms. The topological polar surface area (TPSA) is 55.8 Å². The van der Waals surface area contributed by atoms with Crippen LogP contribution in [0.3, 0.4) is 0 Å². The van der Waals surface area contributed by atoms with E-state index < -0.39 is 38.6 Å². The minimum Gasteiger partial charge on any atom is -0.502 e. The Hall–Kier alpha value is -3.50. The van der Waals surface area contributed by atoms with Crippen molar-refractivity contribution < 1.29 is 35.5 Å². The summed E-state index contributed by atoms with van der Waals surface area (Å²) in [5, 5.41) is 0.204. The van der Waals surface area contributed by atoms with Gasteiger partial charge >= 0.3 is 6.18 Å². The van der Waals surface area contributed by atoms with Gasteiger partial charge in [0, 0.05) is 12.0 Å². The smallest absolute Gasteiger partial charge is 0.416 e. The molecule has 0 radical (unpaired) electrons. The van der Waals surface area contributed by atoms with E-state index in [1.165, 1.54) is 25.3 Å². The Balaban J connectivity index is 1.79. The summed E-state index contributed by atoms with van der Waals surface area (Å²) in [6, 6.07) is 12.7. The number of ether oxygens (including phenoxy) is 2. The van der Waals surface area contributed by atoms with Crippen LogP contribution in [0.5, 0.6) is 5.75 Å². The van der Waals surface area contributed by atoms with Crippen molar-refractivity contribution in [3.05, 3.63) is 101 Å². The molecule has 0 aliphatic carbocycles. The normalized spacial score (nSPS) is 15.8. The molecule has 40 heavy (non-hydrogen) atoms. The second kappa shape index (κ2) is 11.5. The van der Waals surface area contributed by atoms with E-state index in [9.17, 15) is 26.0 Å². The lowest BCUT2D eigenvalue weighted by Gasteiger charge is -2.36. The Morgan fingerprint density at radius 2 is 1.90 bits per heavy atom. The van der Waals surface area contributed by atoms with E-state index in [0.29, 0.717) is 35.8 Å². The van der Waals surface area contributed by atoms with E-state index >= 15 is 0 Å². The largest absolute Gasteiger partial charge is 0.502 e. The van der Waals surface area contributed by atoms with E-state index in [2.05, 4.69) is 6.58 Å². The van der Waals surface area contributed by atoms with Crippen LogP contribution in [0.1, 0.15) is 36.5 Å². The molecule has 0 aromatic heterocycles. The van der Waals surface area contributed by atoms with Crippen molar-refractivity contribution in [3.8, 4) is 5.75 Å². The third-order valence-corrected chi connectivity index (χ3v) is 8.60. The van der Waals surface area contributed by atoms with Gasteiger partial charge in [0.1, 0.15) is 17.7 Å². The summed E-state index contributed by atoms with van der Waals surface area (Å²) in [6.45, 7) is 5.32. The van der Waals surface area contributed by atoms with Crippen LogP contribution in [0.15, 0.2) is 77.9 Å². The van der Waals surface area contributed by atoms with Gasteiger partial charge in [0.15, 0.2) is 0 Å². The summed E-state index contributed by atoms with van der Waals surface area (Å²) in [5.74, 6) is 0.183. The van der Waals surface area contributed by atoms with Crippen molar-refractivity contribution in [2.24, 2.45) is 0 Å². The van der Waals surface area contributed by atoms with E-state index in [0.717, 1.165) is 22.5 Å². The molecule has 1 aliphatic rings. The van der Waals surface area contributed by atoms with Crippen LogP contribution < -0.4 is 9.04 Å². The maximum atomic E-state index is 14.4. The Morgan fingerprint density at radius 1 is 1.18 bits per heavy atom. The maximum absolute atomic E-state index is 14.4. The number of alkyl halides is 3. The van der Waals surface area contributed by atoms with Gasteiger partial charge in [-0.1, -0.05) is 36.4 Å². The Kier molecular flexibility index (Phi) is 8.51. The lowest BCUT2D eigenvalue weighted by Crippen LogP contribution is -2.43. The van der Waals surface area contributed by atoms with Gasteiger partial charge in [-0.05, 0) is 73.0 Å². The highest BCUT2D eigenvalue weighted by Gasteiger charge is 2.37. The fourth-order valence-electron chi connectivity index (χ4n) is 4.27. The molecule has 3 aromatic rings. The van der Waals surface area contributed by atoms with Crippen LogP contribution in [-0.2, 0) is 20.9 Å². The van der Waals surface area contributed by atoms with Crippen LogP contribution in [-0.4, -0.2) is 28.2 Å². The molecular formula is C29H26ClF4NO4S. The Morgan fingerprint density at radius 3 is 2.58 bits per heavy atom. The minimum absolute atomic E-state index is 0.143. The van der Waals surface area contributed by atoms with Gasteiger partial charge in [0.25, 0.3) is 10.0 Å². The second-order valence-electron chi connectivity index (χ2n) is 9.23. The molecule has 3 aromatic carbocycles. The fraction of sp³-hybridized carbons (Fsp3) is 0.241. The number of allylic oxidation sites excluding steroid dienone is 2. The average Bonchev–Trinajstić information content (AvgIpc) is 2.92. The zero-order valence-electron chi connectivity index (χ0n) is 21.6. The van der Waals surface area contributed by atoms with Crippen molar-refractivity contribution in [2.45, 2.75) is 36.9 Å². The fourth-order valence-corrected chi connectivity index (χ4v) is 6.03. The van der Waals surface area contributed by atoms with Crippen molar-refractivity contribution in [2.75, 3.05) is 18.0 Å². The molecule has 0 unspecified atom stereocenters. The molecule has 0 fully saturated rings. The van der Waals surface area contributed by atoms with E-state index in [-0.39, 0.29) is 28.6 Å². The second-order valence-corrected chi connectivity index (χ2v) is 11.5. The lowest BCUT2D eigenvalue weighted by atomic mass is 10.0. The number of sulfonamides is 1. The highest BCUT2D eigenvalue weighted by Crippen LogP contribution is 2.41. The molecule has 1 aliphatic heterocycles. The summed E-state index contributed by atoms with van der Waals surface area (Å²) in [6.07, 6.45) is -3.07. The number of hydrogen-bond acceptors (Lipinski definition) is 4. The molecule has 1 atom stereocenters. The Bertz CT molecular complexity index is 1550.